The molecule has 2 heterocycles. The van der Waals surface area contributed by atoms with Crippen LogP contribution in [0.4, 0.5) is 10.2 Å². The highest BCUT2D eigenvalue weighted by molar-refractivity contribution is 6.17. The van der Waals surface area contributed by atoms with Crippen LogP contribution in [-0.4, -0.2) is 18.1 Å². The monoisotopic (exact) mass is 290 g/mol. The smallest absolute Gasteiger partial charge is 0.170 e. The molecule has 0 radical (unpaired) electrons. The number of rotatable bonds is 2. The Balaban J connectivity index is 1.87. The van der Waals surface area contributed by atoms with Crippen LogP contribution in [0.25, 0.3) is 0 Å². The number of hydrogen-bond acceptors (Lipinski definition) is 2. The molecule has 1 aromatic carbocycles. The van der Waals surface area contributed by atoms with Crippen LogP contribution in [0.5, 0.6) is 0 Å². The van der Waals surface area contributed by atoms with Crippen molar-refractivity contribution in [3.8, 4) is 0 Å². The van der Waals surface area contributed by atoms with Gasteiger partial charge < -0.3 is 4.90 Å². The van der Waals surface area contributed by atoms with Crippen molar-refractivity contribution in [2.24, 2.45) is 0 Å². The summed E-state index contributed by atoms with van der Waals surface area (Å²) in [7, 11) is 0. The Morgan fingerprint density at radius 1 is 1.10 bits per heavy atom. The Labute approximate surface area is 123 Å². The minimum Gasteiger partial charge on any atom is -0.354 e. The maximum Gasteiger partial charge on any atom is 0.170 e. The van der Waals surface area contributed by atoms with E-state index >= 15 is 0 Å². The topological polar surface area (TPSA) is 16.1 Å². The van der Waals surface area contributed by atoms with E-state index in [1.165, 1.54) is 11.1 Å². The second-order valence-corrected chi connectivity index (χ2v) is 5.26. The minimum atomic E-state index is -0.284. The lowest BCUT2D eigenvalue weighted by Gasteiger charge is -2.22. The van der Waals surface area contributed by atoms with Crippen molar-refractivity contribution in [1.82, 2.24) is 4.98 Å². The van der Waals surface area contributed by atoms with Crippen LogP contribution >= 0.6 is 11.6 Å². The van der Waals surface area contributed by atoms with Crippen LogP contribution < -0.4 is 4.90 Å². The van der Waals surface area contributed by atoms with Gasteiger partial charge in [-0.3, -0.25) is 0 Å². The van der Waals surface area contributed by atoms with Gasteiger partial charge in [0.25, 0.3) is 0 Å². The molecule has 0 bridgehead atoms. The third-order valence-electron chi connectivity index (χ3n) is 3.81. The predicted molar refractivity (Wildman–Crippen MR) is 79.8 cm³/mol. The van der Waals surface area contributed by atoms with Crippen molar-refractivity contribution in [3.05, 3.63) is 59.0 Å². The first kappa shape index (κ1) is 13.4. The number of halogens is 2. The first-order chi connectivity index (χ1) is 9.79. The molecule has 0 unspecified atom stereocenters. The summed E-state index contributed by atoms with van der Waals surface area (Å²) in [6.45, 7) is 1.57. The van der Waals surface area contributed by atoms with Gasteiger partial charge in [0.15, 0.2) is 11.6 Å². The van der Waals surface area contributed by atoms with Crippen molar-refractivity contribution in [1.29, 1.82) is 0 Å². The number of anilines is 1. The van der Waals surface area contributed by atoms with Gasteiger partial charge in [-0.2, -0.15) is 0 Å². The van der Waals surface area contributed by atoms with Crippen LogP contribution in [0.3, 0.4) is 0 Å². The number of fused-ring (bicyclic) bond motifs is 1. The highest BCUT2D eigenvalue weighted by Crippen LogP contribution is 2.24. The molecule has 2 nitrogen and oxygen atoms in total. The lowest BCUT2D eigenvalue weighted by molar-refractivity contribution is 0.599. The van der Waals surface area contributed by atoms with Crippen LogP contribution in [0.1, 0.15) is 16.7 Å². The molecule has 20 heavy (non-hydrogen) atoms. The lowest BCUT2D eigenvalue weighted by Crippen LogP contribution is -2.28. The van der Waals surface area contributed by atoms with E-state index in [-0.39, 0.29) is 11.7 Å². The van der Waals surface area contributed by atoms with Gasteiger partial charge in [-0.15, -0.1) is 11.6 Å². The molecular formula is C16H16ClFN2. The van der Waals surface area contributed by atoms with E-state index in [0.29, 0.717) is 11.4 Å². The summed E-state index contributed by atoms with van der Waals surface area (Å²) in [6, 6.07) is 10.1. The zero-order chi connectivity index (χ0) is 13.9. The largest absolute Gasteiger partial charge is 0.354 e. The number of pyridine rings is 1. The highest BCUT2D eigenvalue weighted by atomic mass is 35.5. The third kappa shape index (κ3) is 2.50. The van der Waals surface area contributed by atoms with Crippen molar-refractivity contribution in [3.63, 3.8) is 0 Å². The van der Waals surface area contributed by atoms with E-state index in [0.717, 1.165) is 25.9 Å². The molecule has 104 valence electrons. The first-order valence-electron chi connectivity index (χ1n) is 6.80. The van der Waals surface area contributed by atoms with E-state index < -0.39 is 0 Å². The second-order valence-electron chi connectivity index (χ2n) is 5.00. The Hall–Kier alpha value is -1.61. The highest BCUT2D eigenvalue weighted by Gasteiger charge is 2.19. The van der Waals surface area contributed by atoms with Gasteiger partial charge in [0, 0.05) is 24.8 Å². The van der Waals surface area contributed by atoms with E-state index in [1.54, 1.807) is 12.3 Å². The van der Waals surface area contributed by atoms with Crippen molar-refractivity contribution in [2.75, 3.05) is 18.0 Å². The molecule has 0 spiro atoms. The summed E-state index contributed by atoms with van der Waals surface area (Å²) in [4.78, 5) is 6.23. The molecular weight excluding hydrogens is 275 g/mol. The van der Waals surface area contributed by atoms with Gasteiger partial charge in [-0.25, -0.2) is 9.37 Å². The second kappa shape index (κ2) is 5.80. The molecule has 4 heteroatoms. The van der Waals surface area contributed by atoms with Crippen LogP contribution in [0.15, 0.2) is 36.5 Å². The molecule has 2 aromatic rings. The van der Waals surface area contributed by atoms with E-state index in [2.05, 4.69) is 29.2 Å². The fraction of sp³-hybridized carbons (Fsp3) is 0.312. The van der Waals surface area contributed by atoms with E-state index in [9.17, 15) is 4.39 Å². The van der Waals surface area contributed by atoms with Crippen LogP contribution in [0.2, 0.25) is 0 Å². The SMILES string of the molecule is Fc1c(CCl)ccnc1N1CCc2ccccc2CC1. The van der Waals surface area contributed by atoms with E-state index in [1.807, 2.05) is 4.90 Å². The first-order valence-corrected chi connectivity index (χ1v) is 7.34. The van der Waals surface area contributed by atoms with Crippen molar-refractivity contribution >= 4 is 17.4 Å². The van der Waals surface area contributed by atoms with Gasteiger partial charge in [0.2, 0.25) is 0 Å². The van der Waals surface area contributed by atoms with Crippen molar-refractivity contribution < 1.29 is 4.39 Å². The number of nitrogens with zero attached hydrogens (tertiary/aromatic N) is 2. The maximum absolute atomic E-state index is 14.3. The average Bonchev–Trinajstić information content (AvgIpc) is 2.70. The Morgan fingerprint density at radius 3 is 2.35 bits per heavy atom. The fourth-order valence-corrected chi connectivity index (χ4v) is 2.88. The Morgan fingerprint density at radius 2 is 1.75 bits per heavy atom. The number of alkyl halides is 1. The van der Waals surface area contributed by atoms with Gasteiger partial charge >= 0.3 is 0 Å². The van der Waals surface area contributed by atoms with Gasteiger partial charge in [-0.05, 0) is 30.0 Å². The predicted octanol–water partition coefficient (Wildman–Crippen LogP) is 3.56. The molecule has 0 saturated carbocycles. The normalized spacial score (nSPS) is 14.8. The summed E-state index contributed by atoms with van der Waals surface area (Å²) in [6.07, 6.45) is 3.47. The zero-order valence-corrected chi connectivity index (χ0v) is 11.9. The van der Waals surface area contributed by atoms with Crippen LogP contribution in [-0.2, 0) is 18.7 Å². The fourth-order valence-electron chi connectivity index (χ4n) is 2.67. The molecule has 0 aliphatic carbocycles. The minimum absolute atomic E-state index is 0.176. The van der Waals surface area contributed by atoms with Gasteiger partial charge in [0.1, 0.15) is 0 Å². The van der Waals surface area contributed by atoms with Gasteiger partial charge in [-0.1, -0.05) is 24.3 Å². The molecule has 0 N–H and O–H groups in total. The van der Waals surface area contributed by atoms with E-state index in [4.69, 9.17) is 11.6 Å². The van der Waals surface area contributed by atoms with Crippen LogP contribution in [0, 0.1) is 5.82 Å². The summed E-state index contributed by atoms with van der Waals surface area (Å²) in [5.74, 6) is 0.319. The standard InChI is InChI=1S/C16H16ClFN2/c17-11-14-5-8-19-16(15(14)18)20-9-6-12-3-1-2-4-13(12)7-10-20/h1-5,8H,6-7,9-11H2. The molecule has 0 fully saturated rings. The Bertz CT molecular complexity index is 588. The van der Waals surface area contributed by atoms with Gasteiger partial charge in [0.05, 0.1) is 5.88 Å². The zero-order valence-electron chi connectivity index (χ0n) is 11.1. The number of benzene rings is 1. The molecule has 1 aliphatic rings. The molecule has 1 aromatic heterocycles. The summed E-state index contributed by atoms with van der Waals surface area (Å²) in [5, 5.41) is 0. The average molecular weight is 291 g/mol. The maximum atomic E-state index is 14.3. The quantitative estimate of drug-likeness (QED) is 0.786. The Kier molecular flexibility index (Phi) is 3.88. The molecule has 0 amide bonds. The number of aromatic nitrogens is 1. The summed E-state index contributed by atoms with van der Waals surface area (Å²) in [5.41, 5.74) is 3.21. The molecule has 0 atom stereocenters. The summed E-state index contributed by atoms with van der Waals surface area (Å²) < 4.78 is 14.3. The number of hydrogen-bond donors (Lipinski definition) is 0. The van der Waals surface area contributed by atoms with Crippen molar-refractivity contribution in [2.45, 2.75) is 18.7 Å². The molecule has 3 rings (SSSR count). The molecule has 0 saturated heterocycles. The molecule has 1 aliphatic heterocycles. The lowest BCUT2D eigenvalue weighted by atomic mass is 10.0. The third-order valence-corrected chi connectivity index (χ3v) is 4.10. The summed E-state index contributed by atoms with van der Waals surface area (Å²) >= 11 is 5.76.